The van der Waals surface area contributed by atoms with Gasteiger partial charge in [0.1, 0.15) is 54.4 Å². The number of aliphatic carboxylic acids is 2. The second-order valence-corrected chi connectivity index (χ2v) is 23.6. The highest BCUT2D eigenvalue weighted by Crippen LogP contribution is 2.22. The first-order valence-corrected chi connectivity index (χ1v) is 30.2. The Labute approximate surface area is 513 Å². The van der Waals surface area contributed by atoms with Gasteiger partial charge in [-0.3, -0.25) is 47.9 Å². The molecule has 0 spiro atoms. The summed E-state index contributed by atoms with van der Waals surface area (Å²) in [7, 11) is 0. The van der Waals surface area contributed by atoms with Crippen molar-refractivity contribution in [3.8, 4) is 0 Å². The second kappa shape index (κ2) is 38.6. The fraction of sp³-hybridized carbons (Fsp3) is 0.623. The van der Waals surface area contributed by atoms with Crippen LogP contribution >= 0.6 is 0 Å². The first-order valence-electron chi connectivity index (χ1n) is 30.2. The third-order valence-electron chi connectivity index (χ3n) is 14.7. The number of nitrogens with two attached hydrogens (primary N) is 1. The van der Waals surface area contributed by atoms with Crippen molar-refractivity contribution >= 4 is 65.1 Å². The Hall–Kier alpha value is -7.59. The van der Waals surface area contributed by atoms with Gasteiger partial charge in [-0.15, -0.1) is 0 Å². The second-order valence-electron chi connectivity index (χ2n) is 23.6. The summed E-state index contributed by atoms with van der Waals surface area (Å²) in [6.07, 6.45) is 0.350. The number of carboxylic acids is 2. The van der Waals surface area contributed by atoms with Gasteiger partial charge in [-0.25, -0.2) is 4.79 Å². The first kappa shape index (κ1) is 74.7. The molecule has 1 unspecified atom stereocenters. The van der Waals surface area contributed by atoms with Crippen LogP contribution in [-0.4, -0.2) is 194 Å². The Kier molecular flexibility index (Phi) is 32.8. The summed E-state index contributed by atoms with van der Waals surface area (Å²) in [4.78, 5) is 150. The molecule has 2 aromatic carbocycles. The molecule has 2 aromatic rings. The molecule has 27 heteroatoms. The number of nitrogens with zero attached hydrogens (tertiary/aromatic N) is 1. The van der Waals surface area contributed by atoms with Gasteiger partial charge in [0.05, 0.1) is 38.3 Å². The van der Waals surface area contributed by atoms with Crippen molar-refractivity contribution in [1.29, 1.82) is 0 Å². The summed E-state index contributed by atoms with van der Waals surface area (Å²) in [5.41, 5.74) is 6.69. The zero-order valence-corrected chi connectivity index (χ0v) is 51.3. The molecule has 1 aliphatic rings. The van der Waals surface area contributed by atoms with Crippen LogP contribution in [0.5, 0.6) is 0 Å². The molecule has 0 saturated carbocycles. The highest BCUT2D eigenvalue weighted by atomic mass is 16.4. The van der Waals surface area contributed by atoms with Gasteiger partial charge in [-0.2, -0.15) is 0 Å². The van der Waals surface area contributed by atoms with Gasteiger partial charge in [0.2, 0.25) is 53.2 Å². The highest BCUT2D eigenvalue weighted by molar-refractivity contribution is 5.99. The van der Waals surface area contributed by atoms with Crippen molar-refractivity contribution in [3.05, 3.63) is 71.8 Å². The number of β-amino-alcohol motifs (C(OH)–C–C–N with tert-alkyl or cyclic N) is 1. The molecule has 0 aromatic heterocycles. The van der Waals surface area contributed by atoms with Crippen LogP contribution in [0.25, 0.3) is 0 Å². The fourth-order valence-electron chi connectivity index (χ4n) is 9.90. The van der Waals surface area contributed by atoms with E-state index in [0.717, 1.165) is 24.2 Å². The van der Waals surface area contributed by atoms with Crippen LogP contribution in [0.3, 0.4) is 0 Å². The number of amides is 9. The summed E-state index contributed by atoms with van der Waals surface area (Å²) < 4.78 is 0. The minimum absolute atomic E-state index is 0.00663. The van der Waals surface area contributed by atoms with Gasteiger partial charge in [-0.1, -0.05) is 128 Å². The average molecular weight is 1240 g/mol. The van der Waals surface area contributed by atoms with E-state index in [1.807, 2.05) is 0 Å². The van der Waals surface area contributed by atoms with Gasteiger partial charge in [0.25, 0.3) is 0 Å². The van der Waals surface area contributed by atoms with E-state index in [2.05, 4.69) is 56.4 Å². The van der Waals surface area contributed by atoms with Crippen LogP contribution in [-0.2, 0) is 65.6 Å². The lowest BCUT2D eigenvalue weighted by atomic mass is 10.00. The van der Waals surface area contributed by atoms with Crippen LogP contribution in [0, 0.1) is 17.8 Å². The van der Waals surface area contributed by atoms with E-state index in [1.165, 1.54) is 13.8 Å². The van der Waals surface area contributed by atoms with Gasteiger partial charge < -0.3 is 83.8 Å². The maximum Gasteiger partial charge on any atom is 0.326 e. The van der Waals surface area contributed by atoms with Gasteiger partial charge in [-0.05, 0) is 67.5 Å². The number of likely N-dealkylation sites (tertiary alicyclic amines) is 1. The number of carboxylic acid groups (broad SMARTS) is 2. The molecule has 3 rings (SSSR count). The van der Waals surface area contributed by atoms with Crippen molar-refractivity contribution in [3.63, 3.8) is 0 Å². The molecule has 0 aliphatic carbocycles. The molecule has 1 fully saturated rings. The van der Waals surface area contributed by atoms with Gasteiger partial charge in [0, 0.05) is 25.8 Å². The number of hydrogen-bond donors (Lipinski definition) is 15. The molecule has 1 aliphatic heterocycles. The lowest BCUT2D eigenvalue weighted by Crippen LogP contribution is -2.62. The number of unbranched alkanes of at least 4 members (excludes halogenated alkanes) is 3. The SMILES string of the molecule is CC(C)CCCCCC(O)CC(=O)N[C@H](CC(=O)O)C(=O)N[C@H](Cc1ccccc1)C(=O)N[C@@H](CO)C(=O)N[C@@H](C(=O)N1C[C@H](O)C[C@H]1C(=O)N[C@@H](CO)C(=O)N[C@H](CC(C)C)C(=O)N[C@@H](Cc1ccccc1)C(=O)N[C@@H](CCCCN)C(=O)O)C(C)C. The smallest absolute Gasteiger partial charge is 0.326 e. The van der Waals surface area contributed by atoms with E-state index in [1.54, 1.807) is 74.5 Å². The molecule has 0 radical (unpaired) electrons. The zero-order chi connectivity index (χ0) is 65.6. The summed E-state index contributed by atoms with van der Waals surface area (Å²) in [5.74, 6) is -11.9. The average Bonchev–Trinajstić information content (AvgIpc) is 4.03. The molecule has 490 valence electrons. The summed E-state index contributed by atoms with van der Waals surface area (Å²) in [6, 6.07) is 3.02. The van der Waals surface area contributed by atoms with Crippen LogP contribution < -0.4 is 48.3 Å². The normalized spacial score (nSPS) is 17.0. The van der Waals surface area contributed by atoms with Crippen LogP contribution in [0.15, 0.2) is 60.7 Å². The lowest BCUT2D eigenvalue weighted by Gasteiger charge is -2.32. The van der Waals surface area contributed by atoms with Crippen molar-refractivity contribution < 1.29 is 83.4 Å². The van der Waals surface area contributed by atoms with E-state index in [0.29, 0.717) is 49.3 Å². The van der Waals surface area contributed by atoms with Crippen molar-refractivity contribution in [2.75, 3.05) is 26.3 Å². The number of aliphatic hydroxyl groups is 4. The van der Waals surface area contributed by atoms with Gasteiger partial charge in [0.15, 0.2) is 0 Å². The Morgan fingerprint density at radius 2 is 1.00 bits per heavy atom. The van der Waals surface area contributed by atoms with Crippen LogP contribution in [0.4, 0.5) is 0 Å². The first-order chi connectivity index (χ1) is 41.7. The predicted octanol–water partition coefficient (Wildman–Crippen LogP) is -0.956. The highest BCUT2D eigenvalue weighted by Gasteiger charge is 2.44. The van der Waals surface area contributed by atoms with E-state index in [4.69, 9.17) is 5.73 Å². The maximum absolute atomic E-state index is 14.4. The lowest BCUT2D eigenvalue weighted by molar-refractivity contribution is -0.144. The van der Waals surface area contributed by atoms with Crippen molar-refractivity contribution in [1.82, 2.24) is 47.4 Å². The number of nitrogens with one attached hydrogen (secondary N) is 8. The fourth-order valence-corrected chi connectivity index (χ4v) is 9.90. The van der Waals surface area contributed by atoms with Crippen molar-refractivity contribution in [2.24, 2.45) is 23.5 Å². The molecule has 0 bridgehead atoms. The summed E-state index contributed by atoms with van der Waals surface area (Å²) >= 11 is 0. The summed E-state index contributed by atoms with van der Waals surface area (Å²) in [6.45, 7) is 8.57. The molecule has 88 heavy (non-hydrogen) atoms. The Balaban J connectivity index is 1.78. The number of carbonyl (C=O) groups is 11. The number of hydrogen-bond acceptors (Lipinski definition) is 16. The Morgan fingerprint density at radius 1 is 0.534 bits per heavy atom. The van der Waals surface area contributed by atoms with E-state index < -0.39 is 170 Å². The third kappa shape index (κ3) is 26.4. The maximum atomic E-state index is 14.4. The Bertz CT molecular complexity index is 2600. The molecule has 9 amide bonds. The van der Waals surface area contributed by atoms with Crippen LogP contribution in [0.1, 0.15) is 130 Å². The largest absolute Gasteiger partial charge is 0.481 e. The quantitative estimate of drug-likeness (QED) is 0.0358. The monoisotopic (exact) mass is 1240 g/mol. The van der Waals surface area contributed by atoms with Crippen LogP contribution in [0.2, 0.25) is 0 Å². The van der Waals surface area contributed by atoms with E-state index in [9.17, 15) is 83.4 Å². The van der Waals surface area contributed by atoms with E-state index in [-0.39, 0.29) is 38.0 Å². The molecule has 1 heterocycles. The molecule has 11 atom stereocenters. The Morgan fingerprint density at radius 3 is 1.50 bits per heavy atom. The van der Waals surface area contributed by atoms with Gasteiger partial charge >= 0.3 is 11.9 Å². The third-order valence-corrected chi connectivity index (χ3v) is 14.7. The predicted molar refractivity (Wildman–Crippen MR) is 322 cm³/mol. The number of aliphatic hydroxyl groups excluding tert-OH is 4. The van der Waals surface area contributed by atoms with E-state index >= 15 is 0 Å². The topological polar surface area (TPSA) is 435 Å². The number of carbonyl (C=O) groups excluding carboxylic acids is 9. The minimum Gasteiger partial charge on any atom is -0.481 e. The molecular weight excluding hydrogens is 1140 g/mol. The zero-order valence-electron chi connectivity index (χ0n) is 51.3. The number of rotatable bonds is 40. The van der Waals surface area contributed by atoms with Crippen molar-refractivity contribution in [2.45, 2.75) is 198 Å². The molecule has 16 N–H and O–H groups in total. The standard InChI is InChI=1S/C61H94N10O17/c1-35(2)18-10-7-15-23-40(74)30-50(76)63-46(31-51(77)78)56(82)67-45(28-39-21-13-9-14-22-39)55(81)68-48(34-73)58(84)70-52(37(5)6)60(86)71-32-41(75)29-49(71)59(85)69-47(33-72)57(83)65-43(26-36(3)4)53(79)66-44(27-38-19-11-8-12-20-38)54(80)64-42(61(87)88)24-16-17-25-62/h8-9,11-14,19-22,35-37,40-49,52,72-75H,7,10,15-18,23-34,62H2,1-6H3,(H,63,76)(H,64,80)(H,65,83)(H,66,79)(H,67,82)(H,68,81)(H,69,85)(H,70,84)(H,77,78)(H,87,88)/t40?,41-,42+,43-,44+,45-,46-,47+,48+,49+,52-/m1/s1. The molecular formula is C61H94N10O17. The molecule has 27 nitrogen and oxygen atoms in total. The number of benzene rings is 2. The minimum atomic E-state index is -1.79. The summed E-state index contributed by atoms with van der Waals surface area (Å²) in [5, 5.41) is 81.6. The molecule has 1 saturated heterocycles.